The van der Waals surface area contributed by atoms with E-state index in [0.29, 0.717) is 0 Å². The second-order valence-electron chi connectivity index (χ2n) is 5.92. The molecule has 0 unspecified atom stereocenters. The number of aryl methyl sites for hydroxylation is 1. The minimum atomic E-state index is 0.750. The number of nitrogens with one attached hydrogen (secondary N) is 2. The van der Waals surface area contributed by atoms with Crippen LogP contribution in [0.4, 0.5) is 0 Å². The van der Waals surface area contributed by atoms with Gasteiger partial charge in [-0.25, -0.2) is 4.98 Å². The highest BCUT2D eigenvalue weighted by Crippen LogP contribution is 2.20. The van der Waals surface area contributed by atoms with Gasteiger partial charge in [-0.3, -0.25) is 5.10 Å². The molecule has 0 bridgehead atoms. The largest absolute Gasteiger partial charge is 0.307 e. The molecular weight excluding hydrogens is 298 g/mol. The molecule has 0 amide bonds. The molecule has 3 heterocycles. The predicted octanol–water partition coefficient (Wildman–Crippen LogP) is 3.32. The molecule has 4 rings (SSSR count). The van der Waals surface area contributed by atoms with Crippen molar-refractivity contribution in [3.63, 3.8) is 0 Å². The molecule has 0 aliphatic carbocycles. The maximum absolute atomic E-state index is 4.45. The molecular formula is C19H19N5. The van der Waals surface area contributed by atoms with Crippen LogP contribution >= 0.6 is 0 Å². The molecule has 0 saturated heterocycles. The summed E-state index contributed by atoms with van der Waals surface area (Å²) in [5.74, 6) is 0. The molecule has 0 aliphatic heterocycles. The zero-order valence-electron chi connectivity index (χ0n) is 13.5. The molecule has 5 nitrogen and oxygen atoms in total. The third-order valence-electron chi connectivity index (χ3n) is 4.13. The van der Waals surface area contributed by atoms with Crippen molar-refractivity contribution in [2.24, 2.45) is 0 Å². The van der Waals surface area contributed by atoms with Crippen molar-refractivity contribution in [3.05, 3.63) is 77.9 Å². The zero-order chi connectivity index (χ0) is 16.4. The van der Waals surface area contributed by atoms with Gasteiger partial charge in [-0.05, 0) is 24.1 Å². The molecule has 0 aliphatic rings. The van der Waals surface area contributed by atoms with Gasteiger partial charge in [0.25, 0.3) is 0 Å². The van der Waals surface area contributed by atoms with Crippen LogP contribution in [0.2, 0.25) is 0 Å². The molecule has 5 heteroatoms. The summed E-state index contributed by atoms with van der Waals surface area (Å²) in [6, 6.07) is 14.4. The maximum atomic E-state index is 4.45. The Bertz CT molecular complexity index is 952. The third-order valence-corrected chi connectivity index (χ3v) is 4.13. The van der Waals surface area contributed by atoms with E-state index in [1.54, 1.807) is 0 Å². The molecule has 1 aromatic carbocycles. The van der Waals surface area contributed by atoms with Crippen molar-refractivity contribution in [1.29, 1.82) is 0 Å². The van der Waals surface area contributed by atoms with Crippen molar-refractivity contribution >= 4 is 5.65 Å². The highest BCUT2D eigenvalue weighted by atomic mass is 15.1. The number of aromatic nitrogens is 4. The molecule has 120 valence electrons. The lowest BCUT2D eigenvalue weighted by molar-refractivity contribution is 0.676. The van der Waals surface area contributed by atoms with Crippen molar-refractivity contribution in [1.82, 2.24) is 24.9 Å². The standard InChI is InChI=1S/C19H19N5/c1-14-7-8-18-21-12-17(24(18)13-14)11-20-9-16-10-22-23-19(16)15-5-3-2-4-6-15/h2-8,10,12-13,20H,9,11H2,1H3,(H,22,23). The van der Waals surface area contributed by atoms with Crippen LogP contribution in [0.5, 0.6) is 0 Å². The number of fused-ring (bicyclic) bond motifs is 1. The van der Waals surface area contributed by atoms with Crippen molar-refractivity contribution in [2.75, 3.05) is 0 Å². The first-order valence-electron chi connectivity index (χ1n) is 8.02. The van der Waals surface area contributed by atoms with E-state index in [4.69, 9.17) is 0 Å². The van der Waals surface area contributed by atoms with Crippen LogP contribution in [0.25, 0.3) is 16.9 Å². The summed E-state index contributed by atoms with van der Waals surface area (Å²) in [6.07, 6.45) is 5.93. The molecule has 0 fully saturated rings. The second-order valence-corrected chi connectivity index (χ2v) is 5.92. The van der Waals surface area contributed by atoms with E-state index in [1.807, 2.05) is 36.7 Å². The fourth-order valence-electron chi connectivity index (χ4n) is 2.89. The quantitative estimate of drug-likeness (QED) is 0.593. The van der Waals surface area contributed by atoms with Crippen LogP contribution < -0.4 is 5.32 Å². The van der Waals surface area contributed by atoms with Gasteiger partial charge in [0.1, 0.15) is 5.65 Å². The van der Waals surface area contributed by atoms with E-state index < -0.39 is 0 Å². The molecule has 24 heavy (non-hydrogen) atoms. The van der Waals surface area contributed by atoms with E-state index >= 15 is 0 Å². The molecule has 3 aromatic heterocycles. The number of rotatable bonds is 5. The summed E-state index contributed by atoms with van der Waals surface area (Å²) in [4.78, 5) is 4.45. The first-order valence-corrected chi connectivity index (χ1v) is 8.02. The Morgan fingerprint density at radius 2 is 1.92 bits per heavy atom. The first kappa shape index (κ1) is 14.7. The molecule has 0 spiro atoms. The number of hydrogen-bond acceptors (Lipinski definition) is 3. The van der Waals surface area contributed by atoms with Crippen LogP contribution in [0.15, 0.2) is 61.1 Å². The fraction of sp³-hybridized carbons (Fsp3) is 0.158. The van der Waals surface area contributed by atoms with Crippen LogP contribution in [-0.2, 0) is 13.1 Å². The summed E-state index contributed by atoms with van der Waals surface area (Å²) in [5.41, 5.74) is 6.73. The summed E-state index contributed by atoms with van der Waals surface area (Å²) in [7, 11) is 0. The lowest BCUT2D eigenvalue weighted by Gasteiger charge is -2.06. The number of hydrogen-bond donors (Lipinski definition) is 2. The zero-order valence-corrected chi connectivity index (χ0v) is 13.5. The van der Waals surface area contributed by atoms with Gasteiger partial charge in [-0.2, -0.15) is 5.10 Å². The lowest BCUT2D eigenvalue weighted by atomic mass is 10.1. The Labute approximate surface area is 140 Å². The van der Waals surface area contributed by atoms with Gasteiger partial charge in [0.15, 0.2) is 0 Å². The Morgan fingerprint density at radius 1 is 1.04 bits per heavy atom. The Hall–Kier alpha value is -2.92. The number of benzene rings is 1. The molecule has 0 atom stereocenters. The lowest BCUT2D eigenvalue weighted by Crippen LogP contribution is -2.14. The minimum Gasteiger partial charge on any atom is -0.307 e. The van der Waals surface area contributed by atoms with E-state index in [9.17, 15) is 0 Å². The van der Waals surface area contributed by atoms with Gasteiger partial charge in [-0.1, -0.05) is 36.4 Å². The topological polar surface area (TPSA) is 58.0 Å². The van der Waals surface area contributed by atoms with E-state index in [1.165, 1.54) is 5.56 Å². The Kier molecular flexibility index (Phi) is 3.84. The van der Waals surface area contributed by atoms with Crippen molar-refractivity contribution in [3.8, 4) is 11.3 Å². The second kappa shape index (κ2) is 6.29. The van der Waals surface area contributed by atoms with E-state index in [0.717, 1.165) is 41.3 Å². The summed E-state index contributed by atoms with van der Waals surface area (Å²) >= 11 is 0. The monoisotopic (exact) mass is 317 g/mol. The number of pyridine rings is 1. The summed E-state index contributed by atoms with van der Waals surface area (Å²) < 4.78 is 2.13. The molecule has 4 aromatic rings. The van der Waals surface area contributed by atoms with Crippen LogP contribution in [0.1, 0.15) is 16.8 Å². The van der Waals surface area contributed by atoms with Gasteiger partial charge < -0.3 is 9.72 Å². The van der Waals surface area contributed by atoms with E-state index in [2.05, 4.69) is 56.2 Å². The first-order chi connectivity index (χ1) is 11.8. The maximum Gasteiger partial charge on any atom is 0.136 e. The number of imidazole rings is 1. The smallest absolute Gasteiger partial charge is 0.136 e. The Balaban J connectivity index is 1.48. The van der Waals surface area contributed by atoms with Gasteiger partial charge >= 0.3 is 0 Å². The third kappa shape index (κ3) is 2.81. The van der Waals surface area contributed by atoms with Crippen LogP contribution in [-0.4, -0.2) is 19.6 Å². The highest BCUT2D eigenvalue weighted by Gasteiger charge is 2.08. The van der Waals surface area contributed by atoms with E-state index in [-0.39, 0.29) is 0 Å². The number of nitrogens with zero attached hydrogens (tertiary/aromatic N) is 3. The van der Waals surface area contributed by atoms with Crippen molar-refractivity contribution < 1.29 is 0 Å². The average Bonchev–Trinajstić information content (AvgIpc) is 3.23. The highest BCUT2D eigenvalue weighted by molar-refractivity contribution is 5.62. The Morgan fingerprint density at radius 3 is 2.79 bits per heavy atom. The number of aromatic amines is 1. The van der Waals surface area contributed by atoms with Gasteiger partial charge in [-0.15, -0.1) is 0 Å². The molecule has 0 radical (unpaired) electrons. The van der Waals surface area contributed by atoms with Gasteiger partial charge in [0.2, 0.25) is 0 Å². The van der Waals surface area contributed by atoms with Gasteiger partial charge in [0.05, 0.1) is 23.8 Å². The molecule has 2 N–H and O–H groups in total. The molecule has 0 saturated carbocycles. The minimum absolute atomic E-state index is 0.750. The summed E-state index contributed by atoms with van der Waals surface area (Å²) in [6.45, 7) is 3.60. The fourth-order valence-corrected chi connectivity index (χ4v) is 2.89. The SMILES string of the molecule is Cc1ccc2ncc(CNCc3cn[nH]c3-c3ccccc3)n2c1. The normalized spacial score (nSPS) is 11.2. The predicted molar refractivity (Wildman–Crippen MR) is 94.5 cm³/mol. The van der Waals surface area contributed by atoms with Crippen LogP contribution in [0.3, 0.4) is 0 Å². The van der Waals surface area contributed by atoms with Crippen LogP contribution in [0, 0.1) is 6.92 Å². The van der Waals surface area contributed by atoms with Gasteiger partial charge in [0, 0.05) is 24.8 Å². The average molecular weight is 317 g/mol. The summed E-state index contributed by atoms with van der Waals surface area (Å²) in [5, 5.41) is 10.8. The number of H-pyrrole nitrogens is 1. The van der Waals surface area contributed by atoms with Crippen molar-refractivity contribution in [2.45, 2.75) is 20.0 Å².